The minimum absolute atomic E-state index is 0.252. The Labute approximate surface area is 117 Å². The summed E-state index contributed by atoms with van der Waals surface area (Å²) in [5, 5.41) is 19.5. The summed E-state index contributed by atoms with van der Waals surface area (Å²) < 4.78 is 0.952. The van der Waals surface area contributed by atoms with Gasteiger partial charge in [0.05, 0.1) is 6.10 Å². The first-order valence-electron chi connectivity index (χ1n) is 6.46. The molecule has 4 heteroatoms. The number of halogens is 1. The van der Waals surface area contributed by atoms with Crippen molar-refractivity contribution >= 4 is 15.9 Å². The number of hydrogen-bond acceptors (Lipinski definition) is 3. The molecule has 0 spiro atoms. The van der Waals surface area contributed by atoms with Gasteiger partial charge in [0.1, 0.15) is 0 Å². The largest absolute Gasteiger partial charge is 0.396 e. The number of nitrogens with zero attached hydrogens (tertiary/aromatic N) is 1. The number of rotatable bonds is 4. The first kappa shape index (κ1) is 14.0. The smallest absolute Gasteiger partial charge is 0.0927 e. The summed E-state index contributed by atoms with van der Waals surface area (Å²) in [6, 6.07) is 7.78. The molecule has 1 aromatic carbocycles. The highest BCUT2D eigenvalue weighted by Crippen LogP contribution is 2.25. The van der Waals surface area contributed by atoms with Gasteiger partial charge in [0.15, 0.2) is 0 Å². The van der Waals surface area contributed by atoms with E-state index in [1.165, 1.54) is 0 Å². The van der Waals surface area contributed by atoms with E-state index in [1.807, 2.05) is 24.3 Å². The molecule has 3 nitrogen and oxygen atoms in total. The van der Waals surface area contributed by atoms with Crippen LogP contribution in [0.2, 0.25) is 0 Å². The van der Waals surface area contributed by atoms with Crippen molar-refractivity contribution in [3.05, 3.63) is 34.3 Å². The molecule has 0 bridgehead atoms. The standard InChI is InChI=1S/C14H20BrNO2/c15-13-6-2-1-5-12(13)14(18)9-16-7-3-4-11(8-16)10-17/h1-2,5-6,11,14,17-18H,3-4,7-10H2/t11-,14-/m1/s1. The normalized spacial score (nSPS) is 22.9. The van der Waals surface area contributed by atoms with Gasteiger partial charge in [0.2, 0.25) is 0 Å². The number of likely N-dealkylation sites (tertiary alicyclic amines) is 1. The third kappa shape index (κ3) is 3.54. The molecule has 0 saturated carbocycles. The maximum atomic E-state index is 10.3. The zero-order valence-electron chi connectivity index (χ0n) is 10.4. The Morgan fingerprint density at radius 3 is 2.89 bits per heavy atom. The fourth-order valence-corrected chi connectivity index (χ4v) is 3.10. The molecule has 1 saturated heterocycles. The van der Waals surface area contributed by atoms with Gasteiger partial charge in [-0.05, 0) is 36.9 Å². The fourth-order valence-electron chi connectivity index (χ4n) is 2.55. The molecule has 0 aliphatic carbocycles. The number of benzene rings is 1. The SMILES string of the molecule is OC[C@@H]1CCCN(C[C@@H](O)c2ccccc2Br)C1. The highest BCUT2D eigenvalue weighted by atomic mass is 79.9. The lowest BCUT2D eigenvalue weighted by Crippen LogP contribution is -2.39. The summed E-state index contributed by atoms with van der Waals surface area (Å²) in [6.07, 6.45) is 1.73. The molecule has 2 atom stereocenters. The molecule has 2 N–H and O–H groups in total. The van der Waals surface area contributed by atoms with Gasteiger partial charge in [-0.3, -0.25) is 0 Å². The van der Waals surface area contributed by atoms with Crippen molar-refractivity contribution < 1.29 is 10.2 Å². The Morgan fingerprint density at radius 1 is 1.39 bits per heavy atom. The molecular weight excluding hydrogens is 294 g/mol. The second-order valence-corrected chi connectivity index (χ2v) is 5.84. The zero-order chi connectivity index (χ0) is 13.0. The lowest BCUT2D eigenvalue weighted by atomic mass is 9.98. The van der Waals surface area contributed by atoms with Gasteiger partial charge in [-0.25, -0.2) is 0 Å². The Morgan fingerprint density at radius 2 is 2.17 bits per heavy atom. The van der Waals surface area contributed by atoms with Crippen molar-refractivity contribution in [2.45, 2.75) is 18.9 Å². The van der Waals surface area contributed by atoms with E-state index < -0.39 is 6.10 Å². The van der Waals surface area contributed by atoms with Gasteiger partial charge in [-0.1, -0.05) is 34.1 Å². The van der Waals surface area contributed by atoms with Gasteiger partial charge in [-0.2, -0.15) is 0 Å². The quantitative estimate of drug-likeness (QED) is 0.895. The molecule has 1 aromatic rings. The van der Waals surface area contributed by atoms with Gasteiger partial charge >= 0.3 is 0 Å². The number of aliphatic hydroxyl groups excluding tert-OH is 2. The molecule has 0 aromatic heterocycles. The van der Waals surface area contributed by atoms with Crippen molar-refractivity contribution in [3.63, 3.8) is 0 Å². The van der Waals surface area contributed by atoms with Crippen LogP contribution in [-0.4, -0.2) is 41.4 Å². The number of aliphatic hydroxyl groups is 2. The van der Waals surface area contributed by atoms with Crippen molar-refractivity contribution in [2.75, 3.05) is 26.2 Å². The summed E-state index contributed by atoms with van der Waals surface area (Å²) >= 11 is 3.47. The third-order valence-electron chi connectivity index (χ3n) is 3.56. The average Bonchev–Trinajstić information content (AvgIpc) is 2.39. The third-order valence-corrected chi connectivity index (χ3v) is 4.28. The van der Waals surface area contributed by atoms with E-state index in [1.54, 1.807) is 0 Å². The fraction of sp³-hybridized carbons (Fsp3) is 0.571. The van der Waals surface area contributed by atoms with E-state index in [9.17, 15) is 10.2 Å². The van der Waals surface area contributed by atoms with Crippen LogP contribution in [0.15, 0.2) is 28.7 Å². The van der Waals surface area contributed by atoms with Crippen LogP contribution in [0.25, 0.3) is 0 Å². The number of β-amino-alcohol motifs (C(OH)–C–C–N with tert-alkyl or cyclic N) is 1. The molecule has 0 amide bonds. The van der Waals surface area contributed by atoms with Crippen molar-refractivity contribution in [1.29, 1.82) is 0 Å². The summed E-state index contributed by atoms with van der Waals surface area (Å²) in [6.45, 7) is 2.79. The van der Waals surface area contributed by atoms with Crippen molar-refractivity contribution in [2.24, 2.45) is 5.92 Å². The summed E-state index contributed by atoms with van der Waals surface area (Å²) in [4.78, 5) is 2.24. The van der Waals surface area contributed by atoms with Gasteiger partial charge in [0, 0.05) is 24.2 Å². The average molecular weight is 314 g/mol. The van der Waals surface area contributed by atoms with Crippen LogP contribution < -0.4 is 0 Å². The van der Waals surface area contributed by atoms with E-state index in [0.29, 0.717) is 12.5 Å². The Balaban J connectivity index is 1.95. The molecule has 2 rings (SSSR count). The number of piperidine rings is 1. The second kappa shape index (κ2) is 6.66. The molecule has 100 valence electrons. The molecule has 18 heavy (non-hydrogen) atoms. The van der Waals surface area contributed by atoms with Crippen LogP contribution in [-0.2, 0) is 0 Å². The summed E-state index contributed by atoms with van der Waals surface area (Å²) in [5.74, 6) is 0.366. The van der Waals surface area contributed by atoms with Crippen LogP contribution in [0.1, 0.15) is 24.5 Å². The van der Waals surface area contributed by atoms with Gasteiger partial charge in [0.25, 0.3) is 0 Å². The molecule has 1 aliphatic rings. The predicted octanol–water partition coefficient (Wildman–Crippen LogP) is 2.19. The van der Waals surface area contributed by atoms with E-state index in [4.69, 9.17) is 0 Å². The summed E-state index contributed by atoms with van der Waals surface area (Å²) in [7, 11) is 0. The van der Waals surface area contributed by atoms with Crippen LogP contribution in [0.4, 0.5) is 0 Å². The molecule has 0 unspecified atom stereocenters. The van der Waals surface area contributed by atoms with Crippen LogP contribution >= 0.6 is 15.9 Å². The van der Waals surface area contributed by atoms with Crippen LogP contribution in [0.3, 0.4) is 0 Å². The van der Waals surface area contributed by atoms with E-state index >= 15 is 0 Å². The van der Waals surface area contributed by atoms with Gasteiger partial charge < -0.3 is 15.1 Å². The monoisotopic (exact) mass is 313 g/mol. The van der Waals surface area contributed by atoms with Crippen LogP contribution in [0, 0.1) is 5.92 Å². The second-order valence-electron chi connectivity index (χ2n) is 4.99. The maximum Gasteiger partial charge on any atom is 0.0927 e. The number of hydrogen-bond donors (Lipinski definition) is 2. The predicted molar refractivity (Wildman–Crippen MR) is 75.4 cm³/mol. The van der Waals surface area contributed by atoms with Crippen molar-refractivity contribution in [3.8, 4) is 0 Å². The Kier molecular flexibility index (Phi) is 5.18. The minimum Gasteiger partial charge on any atom is -0.396 e. The Hall–Kier alpha value is -0.420. The van der Waals surface area contributed by atoms with E-state index in [-0.39, 0.29) is 6.61 Å². The topological polar surface area (TPSA) is 43.7 Å². The van der Waals surface area contributed by atoms with Crippen molar-refractivity contribution in [1.82, 2.24) is 4.90 Å². The lowest BCUT2D eigenvalue weighted by molar-refractivity contribution is 0.0675. The first-order valence-corrected chi connectivity index (χ1v) is 7.25. The van der Waals surface area contributed by atoms with E-state index in [2.05, 4.69) is 20.8 Å². The molecule has 0 radical (unpaired) electrons. The molecule has 1 heterocycles. The Bertz CT molecular complexity index is 386. The molecule has 1 aliphatic heterocycles. The molecular formula is C14H20BrNO2. The van der Waals surface area contributed by atoms with Gasteiger partial charge in [-0.15, -0.1) is 0 Å². The lowest BCUT2D eigenvalue weighted by Gasteiger charge is -2.33. The maximum absolute atomic E-state index is 10.3. The highest BCUT2D eigenvalue weighted by molar-refractivity contribution is 9.10. The molecule has 1 fully saturated rings. The van der Waals surface area contributed by atoms with E-state index in [0.717, 1.165) is 36.0 Å². The minimum atomic E-state index is -0.474. The zero-order valence-corrected chi connectivity index (χ0v) is 12.0. The summed E-state index contributed by atoms with van der Waals surface area (Å²) in [5.41, 5.74) is 0.934. The van der Waals surface area contributed by atoms with Crippen LogP contribution in [0.5, 0.6) is 0 Å². The highest BCUT2D eigenvalue weighted by Gasteiger charge is 2.22. The first-order chi connectivity index (χ1) is 8.70.